The zero-order chi connectivity index (χ0) is 16.8. The molecule has 0 spiro atoms. The molecule has 3 heterocycles. The Morgan fingerprint density at radius 1 is 1.35 bits per heavy atom. The summed E-state index contributed by atoms with van der Waals surface area (Å²) in [5, 5.41) is -0.179. The van der Waals surface area contributed by atoms with Crippen molar-refractivity contribution in [2.75, 3.05) is 19.3 Å². The van der Waals surface area contributed by atoms with Crippen LogP contribution in [0.25, 0.3) is 5.52 Å². The molecule has 1 aliphatic rings. The van der Waals surface area contributed by atoms with Crippen LogP contribution in [0.3, 0.4) is 0 Å². The molecule has 1 saturated heterocycles. The van der Waals surface area contributed by atoms with E-state index in [0.29, 0.717) is 18.5 Å². The van der Waals surface area contributed by atoms with E-state index in [9.17, 15) is 18.0 Å². The second-order valence-corrected chi connectivity index (χ2v) is 7.52. The third-order valence-electron chi connectivity index (χ3n) is 3.93. The Morgan fingerprint density at radius 2 is 2.09 bits per heavy atom. The first-order valence-electron chi connectivity index (χ1n) is 7.05. The molecule has 0 bridgehead atoms. The molecule has 1 aliphatic heterocycles. The highest BCUT2D eigenvalue weighted by Gasteiger charge is 2.33. The van der Waals surface area contributed by atoms with Gasteiger partial charge in [0.1, 0.15) is 0 Å². The van der Waals surface area contributed by atoms with Gasteiger partial charge in [-0.1, -0.05) is 6.07 Å². The van der Waals surface area contributed by atoms with Gasteiger partial charge in [-0.2, -0.15) is 0 Å². The highest BCUT2D eigenvalue weighted by atomic mass is 32.2. The van der Waals surface area contributed by atoms with E-state index in [1.165, 1.54) is 9.30 Å². The van der Waals surface area contributed by atoms with Crippen molar-refractivity contribution in [2.24, 2.45) is 11.7 Å². The first-order valence-corrected chi connectivity index (χ1v) is 8.94. The van der Waals surface area contributed by atoms with Gasteiger partial charge in [0, 0.05) is 25.5 Å². The molecule has 1 fully saturated rings. The van der Waals surface area contributed by atoms with Gasteiger partial charge in [-0.15, -0.1) is 0 Å². The smallest absolute Gasteiger partial charge is 0.274 e. The van der Waals surface area contributed by atoms with Crippen LogP contribution in [0.5, 0.6) is 0 Å². The number of aromatic nitrogens is 2. The van der Waals surface area contributed by atoms with Crippen molar-refractivity contribution in [3.05, 3.63) is 30.1 Å². The molecule has 9 heteroatoms. The van der Waals surface area contributed by atoms with Crippen LogP contribution in [0.15, 0.2) is 29.6 Å². The maximum absolute atomic E-state index is 12.7. The van der Waals surface area contributed by atoms with Gasteiger partial charge in [0.05, 0.1) is 11.4 Å². The van der Waals surface area contributed by atoms with Gasteiger partial charge in [-0.05, 0) is 18.6 Å². The monoisotopic (exact) mass is 336 g/mol. The summed E-state index contributed by atoms with van der Waals surface area (Å²) in [6, 6.07) is 5.00. The number of carbonyl (C=O) groups is 2. The second-order valence-electron chi connectivity index (χ2n) is 5.61. The molecule has 8 nitrogen and oxygen atoms in total. The maximum atomic E-state index is 12.7. The molecule has 0 unspecified atom stereocenters. The summed E-state index contributed by atoms with van der Waals surface area (Å²) >= 11 is 0. The van der Waals surface area contributed by atoms with Crippen LogP contribution in [0.2, 0.25) is 0 Å². The average Bonchev–Trinajstić information content (AvgIpc) is 3.11. The number of imidazole rings is 1. The molecule has 2 aromatic rings. The van der Waals surface area contributed by atoms with Crippen LogP contribution >= 0.6 is 0 Å². The number of likely N-dealkylation sites (tertiary alicyclic amines) is 1. The van der Waals surface area contributed by atoms with Crippen molar-refractivity contribution in [3.8, 4) is 0 Å². The number of rotatable bonds is 3. The van der Waals surface area contributed by atoms with Gasteiger partial charge in [0.25, 0.3) is 5.91 Å². The fourth-order valence-electron chi connectivity index (χ4n) is 2.76. The van der Waals surface area contributed by atoms with E-state index >= 15 is 0 Å². The number of nitrogens with two attached hydrogens (primary N) is 1. The number of primary amides is 1. The van der Waals surface area contributed by atoms with Crippen LogP contribution in [-0.4, -0.2) is 53.9 Å². The molecular weight excluding hydrogens is 320 g/mol. The van der Waals surface area contributed by atoms with Gasteiger partial charge >= 0.3 is 0 Å². The summed E-state index contributed by atoms with van der Waals surface area (Å²) in [4.78, 5) is 29.4. The molecule has 1 atom stereocenters. The molecule has 2 amide bonds. The Morgan fingerprint density at radius 3 is 2.70 bits per heavy atom. The number of hydrogen-bond donors (Lipinski definition) is 1. The Hall–Kier alpha value is -2.42. The predicted molar refractivity (Wildman–Crippen MR) is 81.5 cm³/mol. The first-order chi connectivity index (χ1) is 10.8. The van der Waals surface area contributed by atoms with Crippen LogP contribution in [0.4, 0.5) is 0 Å². The molecule has 2 aromatic heterocycles. The lowest BCUT2D eigenvalue weighted by Crippen LogP contribution is -2.32. The molecule has 0 saturated carbocycles. The lowest BCUT2D eigenvalue weighted by atomic mass is 10.1. The summed E-state index contributed by atoms with van der Waals surface area (Å²) in [6.45, 7) is 0.626. The largest absolute Gasteiger partial charge is 0.369 e. The fraction of sp³-hybridized carbons (Fsp3) is 0.357. The molecule has 23 heavy (non-hydrogen) atoms. The molecule has 0 radical (unpaired) electrons. The van der Waals surface area contributed by atoms with Gasteiger partial charge in [0.2, 0.25) is 20.9 Å². The van der Waals surface area contributed by atoms with E-state index < -0.39 is 21.7 Å². The van der Waals surface area contributed by atoms with Gasteiger partial charge in [-0.25, -0.2) is 13.4 Å². The molecule has 0 aromatic carbocycles. The lowest BCUT2D eigenvalue weighted by Gasteiger charge is -2.14. The standard InChI is InChI=1S/C14H16N4O4S/c1-23(21,22)14-16-11(10-4-2-3-6-18(10)14)13(20)17-7-5-9(8-17)12(15)19/h2-4,6,9H,5,7-8H2,1H3,(H2,15,19)/t9-/m0/s1. The van der Waals surface area contributed by atoms with E-state index in [-0.39, 0.29) is 23.3 Å². The fourth-order valence-corrected chi connectivity index (χ4v) is 3.53. The first kappa shape index (κ1) is 15.5. The summed E-state index contributed by atoms with van der Waals surface area (Å²) in [5.41, 5.74) is 5.76. The molecule has 2 N–H and O–H groups in total. The van der Waals surface area contributed by atoms with E-state index in [1.54, 1.807) is 24.4 Å². The minimum absolute atomic E-state index is 0.0659. The van der Waals surface area contributed by atoms with E-state index in [2.05, 4.69) is 4.98 Å². The second kappa shape index (κ2) is 5.34. The minimum atomic E-state index is -3.58. The van der Waals surface area contributed by atoms with Gasteiger partial charge < -0.3 is 10.6 Å². The Labute approximate surface area is 132 Å². The third kappa shape index (κ3) is 2.67. The number of fused-ring (bicyclic) bond motifs is 1. The normalized spacial score (nSPS) is 18.5. The Kier molecular flexibility index (Phi) is 3.59. The quantitative estimate of drug-likeness (QED) is 0.825. The number of hydrogen-bond acceptors (Lipinski definition) is 5. The van der Waals surface area contributed by atoms with Crippen molar-refractivity contribution >= 4 is 27.2 Å². The number of nitrogens with zero attached hydrogens (tertiary/aromatic N) is 3. The van der Waals surface area contributed by atoms with Crippen molar-refractivity contribution in [3.63, 3.8) is 0 Å². The Balaban J connectivity index is 2.04. The van der Waals surface area contributed by atoms with E-state index in [0.717, 1.165) is 6.26 Å². The SMILES string of the molecule is CS(=O)(=O)c1nc(C(=O)N2CC[C@H](C(N)=O)C2)c2ccccn12. The number of sulfone groups is 1. The van der Waals surface area contributed by atoms with Gasteiger partial charge in [0.15, 0.2) is 5.69 Å². The Bertz CT molecular complexity index is 903. The molecular formula is C14H16N4O4S. The summed E-state index contributed by atoms with van der Waals surface area (Å²) in [5.74, 6) is -1.21. The maximum Gasteiger partial charge on any atom is 0.274 e. The highest BCUT2D eigenvalue weighted by Crippen LogP contribution is 2.22. The van der Waals surface area contributed by atoms with Crippen molar-refractivity contribution in [2.45, 2.75) is 11.6 Å². The van der Waals surface area contributed by atoms with Crippen LogP contribution in [0, 0.1) is 5.92 Å². The van der Waals surface area contributed by atoms with Crippen LogP contribution < -0.4 is 5.73 Å². The topological polar surface area (TPSA) is 115 Å². The summed E-state index contributed by atoms with van der Waals surface area (Å²) in [6.07, 6.45) is 3.10. The minimum Gasteiger partial charge on any atom is -0.369 e. The number of amides is 2. The highest BCUT2D eigenvalue weighted by molar-refractivity contribution is 7.90. The van der Waals surface area contributed by atoms with Crippen molar-refractivity contribution < 1.29 is 18.0 Å². The number of carbonyl (C=O) groups excluding carboxylic acids is 2. The van der Waals surface area contributed by atoms with Crippen LogP contribution in [-0.2, 0) is 14.6 Å². The zero-order valence-corrected chi connectivity index (χ0v) is 13.3. The van der Waals surface area contributed by atoms with Crippen molar-refractivity contribution in [1.29, 1.82) is 0 Å². The summed E-state index contributed by atoms with van der Waals surface area (Å²) < 4.78 is 25.1. The third-order valence-corrected chi connectivity index (χ3v) is 4.88. The molecule has 122 valence electrons. The van der Waals surface area contributed by atoms with Crippen LogP contribution in [0.1, 0.15) is 16.9 Å². The number of pyridine rings is 1. The van der Waals surface area contributed by atoms with Gasteiger partial charge in [-0.3, -0.25) is 14.0 Å². The average molecular weight is 336 g/mol. The molecule has 3 rings (SSSR count). The zero-order valence-electron chi connectivity index (χ0n) is 12.5. The summed E-state index contributed by atoms with van der Waals surface area (Å²) in [7, 11) is -3.58. The predicted octanol–water partition coefficient (Wildman–Crippen LogP) is -0.315. The van der Waals surface area contributed by atoms with E-state index in [1.807, 2.05) is 0 Å². The van der Waals surface area contributed by atoms with E-state index in [4.69, 9.17) is 5.73 Å². The van der Waals surface area contributed by atoms with Crippen molar-refractivity contribution in [1.82, 2.24) is 14.3 Å². The molecule has 0 aliphatic carbocycles. The lowest BCUT2D eigenvalue weighted by molar-refractivity contribution is -0.121.